The molecule has 2 fully saturated rings. The van der Waals surface area contributed by atoms with E-state index in [1.54, 1.807) is 49.6 Å². The number of rotatable bonds is 8. The summed E-state index contributed by atoms with van der Waals surface area (Å²) in [5.74, 6) is -0.494. The molecule has 3 heterocycles. The molecule has 1 unspecified atom stereocenters. The number of nitrogens with zero attached hydrogens (tertiary/aromatic N) is 3. The van der Waals surface area contributed by atoms with Gasteiger partial charge in [-0.1, -0.05) is 23.7 Å². The van der Waals surface area contributed by atoms with Crippen molar-refractivity contribution >= 4 is 44.2 Å². The molecule has 0 aliphatic carbocycles. The standard InChI is InChI=1S/C28H32ClN5O4S/c1-19(27(35)33-13-2-3-24(18-33)31-17-20-8-11-30-12-9-20)34-14-10-26(28(34)36)32-39(37,38)25-7-5-21-15-23(29)6-4-22(21)16-25/h4-9,11-12,15-16,19,24,26,31-32H,2-3,10,13-14,17-18H2,1H3/t19-,24?,26-/m0/s1. The van der Waals surface area contributed by atoms with E-state index in [0.29, 0.717) is 37.6 Å². The number of nitrogens with one attached hydrogen (secondary N) is 2. The number of hydrogen-bond donors (Lipinski definition) is 2. The summed E-state index contributed by atoms with van der Waals surface area (Å²) in [5.41, 5.74) is 1.13. The molecule has 0 spiro atoms. The maximum atomic E-state index is 13.4. The highest BCUT2D eigenvalue weighted by molar-refractivity contribution is 7.89. The van der Waals surface area contributed by atoms with Crippen LogP contribution in [0.25, 0.3) is 10.8 Å². The van der Waals surface area contributed by atoms with E-state index < -0.39 is 22.1 Å². The van der Waals surface area contributed by atoms with Gasteiger partial charge in [-0.2, -0.15) is 4.72 Å². The second-order valence-corrected chi connectivity index (χ2v) is 12.3. The van der Waals surface area contributed by atoms with Gasteiger partial charge in [0, 0.05) is 49.6 Å². The van der Waals surface area contributed by atoms with Crippen LogP contribution < -0.4 is 10.0 Å². The number of hydrogen-bond acceptors (Lipinski definition) is 6. The van der Waals surface area contributed by atoms with E-state index in [1.165, 1.54) is 11.0 Å². The first-order chi connectivity index (χ1) is 18.7. The molecule has 5 rings (SSSR count). The first-order valence-electron chi connectivity index (χ1n) is 13.1. The monoisotopic (exact) mass is 569 g/mol. The van der Waals surface area contributed by atoms with Crippen molar-refractivity contribution in [3.05, 3.63) is 71.5 Å². The van der Waals surface area contributed by atoms with E-state index in [2.05, 4.69) is 15.0 Å². The van der Waals surface area contributed by atoms with Crippen molar-refractivity contribution in [2.75, 3.05) is 19.6 Å². The van der Waals surface area contributed by atoms with Gasteiger partial charge >= 0.3 is 0 Å². The van der Waals surface area contributed by atoms with Crippen molar-refractivity contribution < 1.29 is 18.0 Å². The molecule has 3 aromatic rings. The van der Waals surface area contributed by atoms with E-state index in [-0.39, 0.29) is 22.8 Å². The lowest BCUT2D eigenvalue weighted by molar-refractivity contribution is -0.144. The molecular weight excluding hydrogens is 538 g/mol. The van der Waals surface area contributed by atoms with Crippen LogP contribution in [0.1, 0.15) is 31.7 Å². The minimum Gasteiger partial charge on any atom is -0.339 e. The third kappa shape index (κ3) is 6.24. The lowest BCUT2D eigenvalue weighted by Crippen LogP contribution is -2.54. The van der Waals surface area contributed by atoms with Crippen LogP contribution in [0.5, 0.6) is 0 Å². The Morgan fingerprint density at radius 2 is 1.82 bits per heavy atom. The maximum absolute atomic E-state index is 13.4. The molecule has 2 N–H and O–H groups in total. The zero-order valence-corrected chi connectivity index (χ0v) is 23.3. The highest BCUT2D eigenvalue weighted by atomic mass is 35.5. The van der Waals surface area contributed by atoms with E-state index in [4.69, 9.17) is 11.6 Å². The molecule has 0 bridgehead atoms. The summed E-state index contributed by atoms with van der Waals surface area (Å²) in [6, 6.07) is 12.5. The number of piperidine rings is 1. The number of carbonyl (C=O) groups excluding carboxylic acids is 2. The molecule has 3 atom stereocenters. The lowest BCUT2D eigenvalue weighted by atomic mass is 10.0. The van der Waals surface area contributed by atoms with Crippen LogP contribution >= 0.6 is 11.6 Å². The summed E-state index contributed by atoms with van der Waals surface area (Å²) < 4.78 is 28.8. The fourth-order valence-corrected chi connectivity index (χ4v) is 6.76. The van der Waals surface area contributed by atoms with Crippen LogP contribution in [0.3, 0.4) is 0 Å². The number of carbonyl (C=O) groups is 2. The van der Waals surface area contributed by atoms with Crippen LogP contribution in [-0.4, -0.2) is 72.8 Å². The topological polar surface area (TPSA) is 112 Å². The Morgan fingerprint density at radius 1 is 1.08 bits per heavy atom. The predicted molar refractivity (Wildman–Crippen MR) is 150 cm³/mol. The average molecular weight is 570 g/mol. The SMILES string of the molecule is C[C@@H](C(=O)N1CCCC(NCc2ccncc2)C1)N1CC[C@H](NS(=O)(=O)c2ccc3cc(Cl)ccc3c2)C1=O. The number of pyridine rings is 1. The molecule has 206 valence electrons. The van der Waals surface area contributed by atoms with E-state index in [9.17, 15) is 18.0 Å². The first-order valence-corrected chi connectivity index (χ1v) is 15.0. The number of likely N-dealkylation sites (tertiary alicyclic amines) is 2. The number of amides is 2. The summed E-state index contributed by atoms with van der Waals surface area (Å²) in [4.78, 5) is 34.0. The molecule has 2 saturated heterocycles. The minimum atomic E-state index is -3.94. The fraction of sp³-hybridized carbons (Fsp3) is 0.393. The van der Waals surface area contributed by atoms with E-state index in [0.717, 1.165) is 29.2 Å². The van der Waals surface area contributed by atoms with Gasteiger partial charge in [-0.15, -0.1) is 0 Å². The largest absolute Gasteiger partial charge is 0.339 e. The van der Waals surface area contributed by atoms with Crippen molar-refractivity contribution in [3.63, 3.8) is 0 Å². The van der Waals surface area contributed by atoms with Gasteiger partial charge in [0.1, 0.15) is 12.1 Å². The van der Waals surface area contributed by atoms with Crippen LogP contribution in [-0.2, 0) is 26.2 Å². The van der Waals surface area contributed by atoms with Gasteiger partial charge in [0.25, 0.3) is 0 Å². The highest BCUT2D eigenvalue weighted by Gasteiger charge is 2.40. The third-order valence-corrected chi connectivity index (χ3v) is 9.23. The van der Waals surface area contributed by atoms with Gasteiger partial charge in [0.05, 0.1) is 4.90 Å². The number of fused-ring (bicyclic) bond motifs is 1. The molecule has 2 aliphatic heterocycles. The molecule has 9 nitrogen and oxygen atoms in total. The summed E-state index contributed by atoms with van der Waals surface area (Å²) in [6.07, 6.45) is 5.66. The Labute approximate surface area is 233 Å². The predicted octanol–water partition coefficient (Wildman–Crippen LogP) is 2.94. The molecule has 11 heteroatoms. The van der Waals surface area contributed by atoms with Crippen LogP contribution in [0.15, 0.2) is 65.8 Å². The quantitative estimate of drug-likeness (QED) is 0.431. The first kappa shape index (κ1) is 27.5. The van der Waals surface area contributed by atoms with E-state index in [1.807, 2.05) is 17.0 Å². The summed E-state index contributed by atoms with van der Waals surface area (Å²) >= 11 is 6.03. The summed E-state index contributed by atoms with van der Waals surface area (Å²) in [5, 5.41) is 5.64. The van der Waals surface area contributed by atoms with Crippen molar-refractivity contribution in [2.24, 2.45) is 0 Å². The Morgan fingerprint density at radius 3 is 2.62 bits per heavy atom. The molecule has 2 aromatic carbocycles. The summed E-state index contributed by atoms with van der Waals surface area (Å²) in [7, 11) is -3.94. The van der Waals surface area contributed by atoms with Crippen LogP contribution in [0.4, 0.5) is 0 Å². The van der Waals surface area contributed by atoms with Crippen molar-refractivity contribution in [1.29, 1.82) is 0 Å². The van der Waals surface area contributed by atoms with Crippen molar-refractivity contribution in [2.45, 2.75) is 55.8 Å². The lowest BCUT2D eigenvalue weighted by Gasteiger charge is -2.36. The third-order valence-electron chi connectivity index (χ3n) is 7.52. The molecule has 2 aliphatic rings. The Hall–Kier alpha value is -3.05. The molecule has 0 radical (unpaired) electrons. The Balaban J connectivity index is 1.19. The average Bonchev–Trinajstić information content (AvgIpc) is 3.30. The van der Waals surface area contributed by atoms with Gasteiger partial charge in [-0.25, -0.2) is 8.42 Å². The van der Waals surface area contributed by atoms with Crippen LogP contribution in [0, 0.1) is 0 Å². The Kier molecular flexibility index (Phi) is 8.18. The second-order valence-electron chi connectivity index (χ2n) is 10.2. The normalized spacial score (nSPS) is 20.9. The summed E-state index contributed by atoms with van der Waals surface area (Å²) in [6.45, 7) is 3.94. The maximum Gasteiger partial charge on any atom is 0.245 e. The number of benzene rings is 2. The van der Waals surface area contributed by atoms with Gasteiger partial charge in [0.15, 0.2) is 0 Å². The number of sulfonamides is 1. The van der Waals surface area contributed by atoms with Gasteiger partial charge in [0.2, 0.25) is 21.8 Å². The smallest absolute Gasteiger partial charge is 0.245 e. The minimum absolute atomic E-state index is 0.0753. The van der Waals surface area contributed by atoms with Gasteiger partial charge in [-0.05, 0) is 78.9 Å². The molecular formula is C28H32ClN5O4S. The van der Waals surface area contributed by atoms with Gasteiger partial charge in [-0.3, -0.25) is 14.6 Å². The molecule has 39 heavy (non-hydrogen) atoms. The van der Waals surface area contributed by atoms with Crippen LogP contribution in [0.2, 0.25) is 5.02 Å². The molecule has 1 aromatic heterocycles. The second kappa shape index (κ2) is 11.6. The van der Waals surface area contributed by atoms with Crippen molar-refractivity contribution in [3.8, 4) is 0 Å². The molecule has 2 amide bonds. The van der Waals surface area contributed by atoms with Gasteiger partial charge < -0.3 is 15.1 Å². The zero-order chi connectivity index (χ0) is 27.6. The zero-order valence-electron chi connectivity index (χ0n) is 21.7. The highest BCUT2D eigenvalue weighted by Crippen LogP contribution is 2.24. The number of halogens is 1. The molecule has 0 saturated carbocycles. The van der Waals surface area contributed by atoms with Crippen molar-refractivity contribution in [1.82, 2.24) is 24.8 Å². The number of aromatic nitrogens is 1. The fourth-order valence-electron chi connectivity index (χ4n) is 5.32. The van der Waals surface area contributed by atoms with E-state index >= 15 is 0 Å². The Bertz CT molecular complexity index is 1470.